The van der Waals surface area contributed by atoms with Crippen molar-refractivity contribution in [3.8, 4) is 0 Å². The number of aromatic nitrogens is 3. The molecule has 0 bridgehead atoms. The first-order chi connectivity index (χ1) is 9.70. The van der Waals surface area contributed by atoms with Crippen LogP contribution in [0.15, 0.2) is 36.5 Å². The lowest BCUT2D eigenvalue weighted by atomic mass is 10.1. The molecule has 0 atom stereocenters. The number of carbonyl (C=O) groups excluding carboxylic acids is 1. The molecule has 0 saturated carbocycles. The van der Waals surface area contributed by atoms with E-state index in [1.54, 1.807) is 10.6 Å². The van der Waals surface area contributed by atoms with Gasteiger partial charge in [0.2, 0.25) is 0 Å². The van der Waals surface area contributed by atoms with Crippen LogP contribution in [0.4, 0.5) is 0 Å². The second-order valence-electron chi connectivity index (χ2n) is 4.82. The molecule has 20 heavy (non-hydrogen) atoms. The highest BCUT2D eigenvalue weighted by molar-refractivity contribution is 6.01. The Morgan fingerprint density at radius 2 is 2.20 bits per heavy atom. The van der Waals surface area contributed by atoms with Gasteiger partial charge in [-0.1, -0.05) is 18.2 Å². The standard InChI is InChI=1S/C15H16N4O/c1-10-8-13(18-17-10)15(20)19-9-11(6-7-16)12-4-2-3-5-14(12)19/h2-5,8-9H,6-7,16H2,1H3,(H,17,18). The van der Waals surface area contributed by atoms with E-state index in [1.807, 2.05) is 37.4 Å². The van der Waals surface area contributed by atoms with Gasteiger partial charge in [0.1, 0.15) is 0 Å². The average Bonchev–Trinajstić information content (AvgIpc) is 3.04. The lowest BCUT2D eigenvalue weighted by Crippen LogP contribution is -2.11. The van der Waals surface area contributed by atoms with Crippen molar-refractivity contribution in [2.75, 3.05) is 6.54 Å². The van der Waals surface area contributed by atoms with Gasteiger partial charge in [-0.05, 0) is 37.6 Å². The van der Waals surface area contributed by atoms with Crippen molar-refractivity contribution in [2.45, 2.75) is 13.3 Å². The monoisotopic (exact) mass is 268 g/mol. The number of rotatable bonds is 3. The number of H-pyrrole nitrogens is 1. The molecule has 3 rings (SSSR count). The Morgan fingerprint density at radius 3 is 2.90 bits per heavy atom. The van der Waals surface area contributed by atoms with Crippen molar-refractivity contribution in [1.29, 1.82) is 0 Å². The van der Waals surface area contributed by atoms with Gasteiger partial charge < -0.3 is 5.73 Å². The van der Waals surface area contributed by atoms with Crippen LogP contribution in [0.3, 0.4) is 0 Å². The van der Waals surface area contributed by atoms with E-state index in [-0.39, 0.29) is 5.91 Å². The smallest absolute Gasteiger partial charge is 0.282 e. The minimum Gasteiger partial charge on any atom is -0.330 e. The van der Waals surface area contributed by atoms with Crippen LogP contribution in [-0.2, 0) is 6.42 Å². The van der Waals surface area contributed by atoms with E-state index >= 15 is 0 Å². The number of aryl methyl sites for hydroxylation is 1. The summed E-state index contributed by atoms with van der Waals surface area (Å²) >= 11 is 0. The summed E-state index contributed by atoms with van der Waals surface area (Å²) in [5.41, 5.74) is 8.90. The van der Waals surface area contributed by atoms with Crippen LogP contribution in [0.1, 0.15) is 21.7 Å². The van der Waals surface area contributed by atoms with Gasteiger partial charge in [-0.15, -0.1) is 0 Å². The predicted molar refractivity (Wildman–Crippen MR) is 77.7 cm³/mol. The van der Waals surface area contributed by atoms with Crippen molar-refractivity contribution in [2.24, 2.45) is 5.73 Å². The first-order valence-electron chi connectivity index (χ1n) is 6.56. The van der Waals surface area contributed by atoms with Gasteiger partial charge in [-0.25, -0.2) is 0 Å². The van der Waals surface area contributed by atoms with Crippen LogP contribution in [0.5, 0.6) is 0 Å². The summed E-state index contributed by atoms with van der Waals surface area (Å²) in [4.78, 5) is 12.5. The predicted octanol–water partition coefficient (Wildman–Crippen LogP) is 1.86. The third kappa shape index (κ3) is 2.02. The number of nitrogens with one attached hydrogen (secondary N) is 1. The first-order valence-corrected chi connectivity index (χ1v) is 6.56. The van der Waals surface area contributed by atoms with Gasteiger partial charge in [0.15, 0.2) is 5.69 Å². The van der Waals surface area contributed by atoms with Gasteiger partial charge in [0.25, 0.3) is 5.91 Å². The maximum Gasteiger partial charge on any atom is 0.282 e. The minimum atomic E-state index is -0.131. The fourth-order valence-corrected chi connectivity index (χ4v) is 2.42. The highest BCUT2D eigenvalue weighted by Gasteiger charge is 2.16. The summed E-state index contributed by atoms with van der Waals surface area (Å²) in [6.45, 7) is 2.43. The van der Waals surface area contributed by atoms with E-state index in [9.17, 15) is 4.79 Å². The quantitative estimate of drug-likeness (QED) is 0.761. The van der Waals surface area contributed by atoms with Crippen molar-refractivity contribution in [3.05, 3.63) is 53.5 Å². The molecule has 3 N–H and O–H groups in total. The highest BCUT2D eigenvalue weighted by Crippen LogP contribution is 2.22. The maximum atomic E-state index is 12.5. The van der Waals surface area contributed by atoms with Gasteiger partial charge >= 0.3 is 0 Å². The summed E-state index contributed by atoms with van der Waals surface area (Å²) in [6.07, 6.45) is 2.62. The van der Waals surface area contributed by atoms with E-state index in [4.69, 9.17) is 5.73 Å². The Balaban J connectivity index is 2.13. The molecular formula is C15H16N4O. The second-order valence-corrected chi connectivity index (χ2v) is 4.82. The number of hydrogen-bond donors (Lipinski definition) is 2. The summed E-state index contributed by atoms with van der Waals surface area (Å²) in [7, 11) is 0. The minimum absolute atomic E-state index is 0.131. The van der Waals surface area contributed by atoms with Crippen molar-refractivity contribution < 1.29 is 4.79 Å². The molecule has 5 nitrogen and oxygen atoms in total. The van der Waals surface area contributed by atoms with E-state index in [0.29, 0.717) is 12.2 Å². The number of aromatic amines is 1. The van der Waals surface area contributed by atoms with E-state index in [1.165, 1.54) is 0 Å². The molecule has 2 aromatic heterocycles. The third-order valence-electron chi connectivity index (χ3n) is 3.35. The normalized spacial score (nSPS) is 11.1. The van der Waals surface area contributed by atoms with E-state index in [0.717, 1.165) is 28.6 Å². The van der Waals surface area contributed by atoms with Crippen LogP contribution >= 0.6 is 0 Å². The molecule has 0 fully saturated rings. The average molecular weight is 268 g/mol. The fraction of sp³-hybridized carbons (Fsp3) is 0.200. The largest absolute Gasteiger partial charge is 0.330 e. The number of carbonyl (C=O) groups is 1. The topological polar surface area (TPSA) is 76.7 Å². The zero-order valence-electron chi connectivity index (χ0n) is 11.3. The van der Waals surface area contributed by atoms with E-state index in [2.05, 4.69) is 10.2 Å². The molecule has 102 valence electrons. The molecular weight excluding hydrogens is 252 g/mol. The van der Waals surface area contributed by atoms with Crippen molar-refractivity contribution >= 4 is 16.8 Å². The Hall–Kier alpha value is -2.40. The van der Waals surface area contributed by atoms with E-state index < -0.39 is 0 Å². The van der Waals surface area contributed by atoms with Crippen LogP contribution < -0.4 is 5.73 Å². The highest BCUT2D eigenvalue weighted by atomic mass is 16.2. The fourth-order valence-electron chi connectivity index (χ4n) is 2.42. The Bertz CT molecular complexity index is 769. The Labute approximate surface area is 116 Å². The number of para-hydroxylation sites is 1. The Kier molecular flexibility index (Phi) is 3.12. The lowest BCUT2D eigenvalue weighted by Gasteiger charge is -2.00. The summed E-state index contributed by atoms with van der Waals surface area (Å²) in [5, 5.41) is 7.90. The number of fused-ring (bicyclic) bond motifs is 1. The van der Waals surface area contributed by atoms with Crippen LogP contribution in [0.25, 0.3) is 10.9 Å². The van der Waals surface area contributed by atoms with Crippen LogP contribution in [-0.4, -0.2) is 27.2 Å². The third-order valence-corrected chi connectivity index (χ3v) is 3.35. The van der Waals surface area contributed by atoms with Gasteiger partial charge in [-0.2, -0.15) is 5.10 Å². The molecule has 0 radical (unpaired) electrons. The van der Waals surface area contributed by atoms with Crippen molar-refractivity contribution in [1.82, 2.24) is 14.8 Å². The molecule has 5 heteroatoms. The molecule has 0 aliphatic heterocycles. The second kappa shape index (κ2) is 4.94. The van der Waals surface area contributed by atoms with Gasteiger partial charge in [0.05, 0.1) is 5.52 Å². The maximum absolute atomic E-state index is 12.5. The summed E-state index contributed by atoms with van der Waals surface area (Å²) in [5.74, 6) is -0.131. The molecule has 0 unspecified atom stereocenters. The zero-order valence-corrected chi connectivity index (χ0v) is 11.3. The molecule has 0 saturated heterocycles. The molecule has 0 aliphatic carbocycles. The molecule has 0 amide bonds. The number of hydrogen-bond acceptors (Lipinski definition) is 3. The van der Waals surface area contributed by atoms with Crippen molar-refractivity contribution in [3.63, 3.8) is 0 Å². The molecule has 2 heterocycles. The summed E-state index contributed by atoms with van der Waals surface area (Å²) in [6, 6.07) is 9.59. The number of benzene rings is 1. The molecule has 1 aromatic carbocycles. The Morgan fingerprint density at radius 1 is 1.40 bits per heavy atom. The van der Waals surface area contributed by atoms with Crippen LogP contribution in [0, 0.1) is 6.92 Å². The molecule has 3 aromatic rings. The molecule has 0 aliphatic rings. The molecule has 0 spiro atoms. The summed E-state index contributed by atoms with van der Waals surface area (Å²) < 4.78 is 1.65. The SMILES string of the molecule is Cc1cc(C(=O)n2cc(CCN)c3ccccc32)n[nH]1. The number of nitrogens with zero attached hydrogens (tertiary/aromatic N) is 2. The van der Waals surface area contributed by atoms with Gasteiger partial charge in [-0.3, -0.25) is 14.5 Å². The first kappa shape index (κ1) is 12.6. The lowest BCUT2D eigenvalue weighted by molar-refractivity contribution is 0.0960. The van der Waals surface area contributed by atoms with Crippen LogP contribution in [0.2, 0.25) is 0 Å². The van der Waals surface area contributed by atoms with Gasteiger partial charge in [0, 0.05) is 17.3 Å². The zero-order chi connectivity index (χ0) is 14.1. The number of nitrogens with two attached hydrogens (primary N) is 1.